The Bertz CT molecular complexity index is 443. The third kappa shape index (κ3) is 1.08. The van der Waals surface area contributed by atoms with Crippen molar-refractivity contribution in [2.24, 2.45) is 0 Å². The highest BCUT2D eigenvalue weighted by atomic mass is 15.3. The molecule has 2 rings (SSSR count). The van der Waals surface area contributed by atoms with E-state index in [0.717, 1.165) is 28.8 Å². The second-order valence-corrected chi connectivity index (χ2v) is 3.14. The predicted molar refractivity (Wildman–Crippen MR) is 54.6 cm³/mol. The highest BCUT2D eigenvalue weighted by molar-refractivity contribution is 5.91. The van der Waals surface area contributed by atoms with Crippen LogP contribution in [0.1, 0.15) is 12.6 Å². The molecule has 3 heteroatoms. The van der Waals surface area contributed by atoms with Crippen LogP contribution in [0.3, 0.4) is 0 Å². The fraction of sp³-hybridized carbons (Fsp3) is 0.300. The maximum absolute atomic E-state index is 5.89. The second kappa shape index (κ2) is 2.76. The SMILES string of the molecule is CCn1nc(C)c2cccc(N)c21. The molecule has 13 heavy (non-hydrogen) atoms. The van der Waals surface area contributed by atoms with Crippen LogP contribution in [0, 0.1) is 6.92 Å². The lowest BCUT2D eigenvalue weighted by atomic mass is 10.2. The summed E-state index contributed by atoms with van der Waals surface area (Å²) in [5, 5.41) is 5.56. The summed E-state index contributed by atoms with van der Waals surface area (Å²) in [4.78, 5) is 0. The Morgan fingerprint density at radius 1 is 1.46 bits per heavy atom. The van der Waals surface area contributed by atoms with E-state index in [0.29, 0.717) is 0 Å². The van der Waals surface area contributed by atoms with Gasteiger partial charge in [0.15, 0.2) is 0 Å². The van der Waals surface area contributed by atoms with Gasteiger partial charge in [0.25, 0.3) is 0 Å². The number of nitrogens with zero attached hydrogens (tertiary/aromatic N) is 2. The van der Waals surface area contributed by atoms with Gasteiger partial charge in [-0.1, -0.05) is 12.1 Å². The number of rotatable bonds is 1. The monoisotopic (exact) mass is 175 g/mol. The van der Waals surface area contributed by atoms with E-state index in [4.69, 9.17) is 5.73 Å². The normalized spacial score (nSPS) is 10.9. The minimum atomic E-state index is 0.806. The molecule has 1 aromatic carbocycles. The van der Waals surface area contributed by atoms with Crippen molar-refractivity contribution in [3.8, 4) is 0 Å². The Morgan fingerprint density at radius 3 is 2.92 bits per heavy atom. The van der Waals surface area contributed by atoms with Crippen LogP contribution in [0.2, 0.25) is 0 Å². The van der Waals surface area contributed by atoms with Crippen molar-refractivity contribution in [3.63, 3.8) is 0 Å². The van der Waals surface area contributed by atoms with Gasteiger partial charge in [-0.15, -0.1) is 0 Å². The summed E-state index contributed by atoms with van der Waals surface area (Å²) < 4.78 is 1.94. The van der Waals surface area contributed by atoms with Crippen LogP contribution in [-0.2, 0) is 6.54 Å². The summed E-state index contributed by atoms with van der Waals surface area (Å²) in [6, 6.07) is 5.93. The number of hydrogen-bond acceptors (Lipinski definition) is 2. The molecular weight excluding hydrogens is 162 g/mol. The molecule has 0 saturated heterocycles. The summed E-state index contributed by atoms with van der Waals surface area (Å²) >= 11 is 0. The Balaban J connectivity index is 2.89. The molecule has 0 radical (unpaired) electrons. The van der Waals surface area contributed by atoms with Crippen molar-refractivity contribution < 1.29 is 0 Å². The standard InChI is InChI=1S/C10H13N3/c1-3-13-10-8(7(2)12-13)5-4-6-9(10)11/h4-6H,3,11H2,1-2H3. The fourth-order valence-corrected chi connectivity index (χ4v) is 1.66. The number of nitrogens with two attached hydrogens (primary N) is 1. The first-order valence-corrected chi connectivity index (χ1v) is 4.45. The average Bonchev–Trinajstić information content (AvgIpc) is 2.45. The van der Waals surface area contributed by atoms with Crippen LogP contribution in [0.5, 0.6) is 0 Å². The van der Waals surface area contributed by atoms with E-state index in [-0.39, 0.29) is 0 Å². The summed E-state index contributed by atoms with van der Waals surface area (Å²) in [5.74, 6) is 0. The molecule has 3 nitrogen and oxygen atoms in total. The average molecular weight is 175 g/mol. The molecule has 0 amide bonds. The van der Waals surface area contributed by atoms with Gasteiger partial charge < -0.3 is 5.73 Å². The lowest BCUT2D eigenvalue weighted by Crippen LogP contribution is -1.98. The maximum Gasteiger partial charge on any atom is 0.0914 e. The van der Waals surface area contributed by atoms with Crippen molar-refractivity contribution in [1.82, 2.24) is 9.78 Å². The molecule has 0 atom stereocenters. The van der Waals surface area contributed by atoms with Gasteiger partial charge in [-0.2, -0.15) is 5.10 Å². The molecule has 0 unspecified atom stereocenters. The Labute approximate surface area is 77.2 Å². The first-order chi connectivity index (χ1) is 6.24. The van der Waals surface area contributed by atoms with Crippen molar-refractivity contribution in [2.45, 2.75) is 20.4 Å². The topological polar surface area (TPSA) is 43.8 Å². The molecule has 0 spiro atoms. The molecule has 2 aromatic rings. The second-order valence-electron chi connectivity index (χ2n) is 3.14. The van der Waals surface area contributed by atoms with E-state index in [2.05, 4.69) is 18.1 Å². The van der Waals surface area contributed by atoms with Gasteiger partial charge in [-0.3, -0.25) is 4.68 Å². The lowest BCUT2D eigenvalue weighted by molar-refractivity contribution is 0.677. The highest BCUT2D eigenvalue weighted by Crippen LogP contribution is 2.23. The van der Waals surface area contributed by atoms with Crippen LogP contribution in [0.4, 0.5) is 5.69 Å². The highest BCUT2D eigenvalue weighted by Gasteiger charge is 2.07. The van der Waals surface area contributed by atoms with Crippen LogP contribution in [0.25, 0.3) is 10.9 Å². The zero-order valence-corrected chi connectivity index (χ0v) is 7.91. The third-order valence-electron chi connectivity index (χ3n) is 2.29. The maximum atomic E-state index is 5.89. The van der Waals surface area contributed by atoms with E-state index in [1.807, 2.05) is 23.7 Å². The molecule has 0 aliphatic heterocycles. The molecule has 0 saturated carbocycles. The Kier molecular flexibility index (Phi) is 1.72. The molecule has 1 aromatic heterocycles. The van der Waals surface area contributed by atoms with Crippen LogP contribution >= 0.6 is 0 Å². The molecular formula is C10H13N3. The zero-order valence-electron chi connectivity index (χ0n) is 7.91. The quantitative estimate of drug-likeness (QED) is 0.673. The number of hydrogen-bond donors (Lipinski definition) is 1. The molecule has 1 heterocycles. The summed E-state index contributed by atoms with van der Waals surface area (Å²) in [6.07, 6.45) is 0. The van der Waals surface area contributed by atoms with Gasteiger partial charge >= 0.3 is 0 Å². The Morgan fingerprint density at radius 2 is 2.23 bits per heavy atom. The van der Waals surface area contributed by atoms with E-state index in [9.17, 15) is 0 Å². The van der Waals surface area contributed by atoms with Crippen molar-refractivity contribution in [1.29, 1.82) is 0 Å². The summed E-state index contributed by atoms with van der Waals surface area (Å²) in [5.41, 5.74) is 8.79. The summed E-state index contributed by atoms with van der Waals surface area (Å²) in [6.45, 7) is 4.94. The van der Waals surface area contributed by atoms with E-state index in [1.165, 1.54) is 0 Å². The molecule has 0 aliphatic carbocycles. The minimum absolute atomic E-state index is 0.806. The van der Waals surface area contributed by atoms with E-state index >= 15 is 0 Å². The van der Waals surface area contributed by atoms with Crippen LogP contribution in [0.15, 0.2) is 18.2 Å². The molecule has 0 bridgehead atoms. The predicted octanol–water partition coefficient (Wildman–Crippen LogP) is 1.95. The molecule has 68 valence electrons. The van der Waals surface area contributed by atoms with E-state index in [1.54, 1.807) is 0 Å². The van der Waals surface area contributed by atoms with Gasteiger partial charge in [0.05, 0.1) is 16.9 Å². The zero-order chi connectivity index (χ0) is 9.42. The smallest absolute Gasteiger partial charge is 0.0914 e. The van der Waals surface area contributed by atoms with Gasteiger partial charge in [0.1, 0.15) is 0 Å². The minimum Gasteiger partial charge on any atom is -0.397 e. The molecule has 0 aliphatic rings. The van der Waals surface area contributed by atoms with Crippen LogP contribution < -0.4 is 5.73 Å². The van der Waals surface area contributed by atoms with Crippen LogP contribution in [-0.4, -0.2) is 9.78 Å². The lowest BCUT2D eigenvalue weighted by Gasteiger charge is -2.00. The van der Waals surface area contributed by atoms with Crippen molar-refractivity contribution >= 4 is 16.6 Å². The largest absolute Gasteiger partial charge is 0.397 e. The Hall–Kier alpha value is -1.51. The van der Waals surface area contributed by atoms with Gasteiger partial charge in [-0.05, 0) is 19.9 Å². The fourth-order valence-electron chi connectivity index (χ4n) is 1.66. The number of benzene rings is 1. The number of fused-ring (bicyclic) bond motifs is 1. The van der Waals surface area contributed by atoms with Gasteiger partial charge in [-0.25, -0.2) is 0 Å². The number of aromatic nitrogens is 2. The number of aryl methyl sites for hydroxylation is 2. The molecule has 2 N–H and O–H groups in total. The first-order valence-electron chi connectivity index (χ1n) is 4.45. The van der Waals surface area contributed by atoms with Gasteiger partial charge in [0.2, 0.25) is 0 Å². The number of anilines is 1. The number of para-hydroxylation sites is 1. The summed E-state index contributed by atoms with van der Waals surface area (Å²) in [7, 11) is 0. The van der Waals surface area contributed by atoms with E-state index < -0.39 is 0 Å². The number of nitrogen functional groups attached to an aromatic ring is 1. The third-order valence-corrected chi connectivity index (χ3v) is 2.29. The first kappa shape index (κ1) is 8.10. The van der Waals surface area contributed by atoms with Crippen molar-refractivity contribution in [3.05, 3.63) is 23.9 Å². The van der Waals surface area contributed by atoms with Gasteiger partial charge in [0, 0.05) is 11.9 Å². The molecule has 0 fully saturated rings. The van der Waals surface area contributed by atoms with Crippen molar-refractivity contribution in [2.75, 3.05) is 5.73 Å².